The molecule has 224 valence electrons. The van der Waals surface area contributed by atoms with Gasteiger partial charge < -0.3 is 20.0 Å². The predicted octanol–water partition coefficient (Wildman–Crippen LogP) is 3.57. The monoisotopic (exact) mass is 595 g/mol. The highest BCUT2D eigenvalue weighted by molar-refractivity contribution is 7.88. The summed E-state index contributed by atoms with van der Waals surface area (Å²) >= 11 is 6.10. The van der Waals surface area contributed by atoms with Crippen LogP contribution in [-0.4, -0.2) is 110 Å². The Morgan fingerprint density at radius 2 is 1.50 bits per heavy atom. The van der Waals surface area contributed by atoms with Gasteiger partial charge in [-0.2, -0.15) is 0 Å². The Morgan fingerprint density at radius 3 is 2.05 bits per heavy atom. The summed E-state index contributed by atoms with van der Waals surface area (Å²) in [6.45, 7) is 2.17. The number of carbonyl (C=O) groups excluding carboxylic acids is 2. The fourth-order valence-electron chi connectivity index (χ4n) is 6.50. The fraction of sp³-hybridized carbons (Fsp3) is 0.724. The summed E-state index contributed by atoms with van der Waals surface area (Å²) in [6.07, 6.45) is 10.4. The van der Waals surface area contributed by atoms with Gasteiger partial charge in [0, 0.05) is 63.4 Å². The van der Waals surface area contributed by atoms with E-state index in [4.69, 9.17) is 11.6 Å². The van der Waals surface area contributed by atoms with E-state index in [9.17, 15) is 18.0 Å². The summed E-state index contributed by atoms with van der Waals surface area (Å²) in [4.78, 5) is 32.9. The average Bonchev–Trinajstić information content (AvgIpc) is 2.94. The molecule has 2 aliphatic heterocycles. The zero-order chi connectivity index (χ0) is 28.9. The van der Waals surface area contributed by atoms with Crippen molar-refractivity contribution in [3.05, 3.63) is 34.9 Å². The standard InChI is InChI=1S/C29H46ClN5O4S/c1-32(2)29(37)35(25-7-5-4-6-8-25)26-15-17-33(18-16-26)28(36)27(21-22-9-11-23(30)12-10-22)31-24-13-19-34(20-14-24)40(3,38)39/h9-12,24-27,31H,4-8,13-21H2,1-3H3/t27-/m1/s1. The van der Waals surface area contributed by atoms with Crippen LogP contribution in [0.2, 0.25) is 5.02 Å². The van der Waals surface area contributed by atoms with E-state index < -0.39 is 16.1 Å². The largest absolute Gasteiger partial charge is 0.341 e. The fourth-order valence-corrected chi connectivity index (χ4v) is 7.50. The minimum Gasteiger partial charge on any atom is -0.341 e. The summed E-state index contributed by atoms with van der Waals surface area (Å²) in [7, 11) is 0.438. The number of piperidine rings is 2. The molecule has 1 atom stereocenters. The van der Waals surface area contributed by atoms with Crippen LogP contribution in [-0.2, 0) is 21.2 Å². The van der Waals surface area contributed by atoms with Crippen LogP contribution >= 0.6 is 11.6 Å². The molecule has 0 unspecified atom stereocenters. The number of hydrogen-bond acceptors (Lipinski definition) is 5. The highest BCUT2D eigenvalue weighted by Crippen LogP contribution is 2.29. The lowest BCUT2D eigenvalue weighted by atomic mass is 9.91. The van der Waals surface area contributed by atoms with Gasteiger partial charge in [0.25, 0.3) is 0 Å². The van der Waals surface area contributed by atoms with Crippen LogP contribution < -0.4 is 5.32 Å². The third-order valence-corrected chi connectivity index (χ3v) is 10.3. The van der Waals surface area contributed by atoms with Crippen LogP contribution in [0.5, 0.6) is 0 Å². The smallest absolute Gasteiger partial charge is 0.319 e. The third-order valence-electron chi connectivity index (χ3n) is 8.75. The number of halogens is 1. The lowest BCUT2D eigenvalue weighted by molar-refractivity contribution is -0.135. The molecule has 9 nitrogen and oxygen atoms in total. The predicted molar refractivity (Wildman–Crippen MR) is 159 cm³/mol. The second-order valence-electron chi connectivity index (χ2n) is 11.9. The van der Waals surface area contributed by atoms with Gasteiger partial charge in [-0.3, -0.25) is 4.79 Å². The SMILES string of the molecule is CN(C)C(=O)N(C1CCCCC1)C1CCN(C(=O)[C@@H](Cc2ccc(Cl)cc2)NC2CCN(S(C)(=O)=O)CC2)CC1. The molecule has 0 bridgehead atoms. The van der Waals surface area contributed by atoms with Crippen molar-refractivity contribution in [2.45, 2.75) is 88.4 Å². The number of rotatable bonds is 8. The third kappa shape index (κ3) is 8.11. The Kier molecular flexibility index (Phi) is 10.8. The molecule has 1 aromatic carbocycles. The minimum absolute atomic E-state index is 0.0660. The van der Waals surface area contributed by atoms with Crippen LogP contribution in [0, 0.1) is 0 Å². The van der Waals surface area contributed by atoms with Gasteiger partial charge >= 0.3 is 6.03 Å². The van der Waals surface area contributed by atoms with Crippen molar-refractivity contribution >= 4 is 33.6 Å². The van der Waals surface area contributed by atoms with Crippen LogP contribution in [0.1, 0.15) is 63.4 Å². The first-order valence-electron chi connectivity index (χ1n) is 14.8. The lowest BCUT2D eigenvalue weighted by Gasteiger charge is -2.45. The lowest BCUT2D eigenvalue weighted by Crippen LogP contribution is -2.58. The first kappa shape index (κ1) is 31.1. The van der Waals surface area contributed by atoms with E-state index in [1.807, 2.05) is 43.3 Å². The first-order valence-corrected chi connectivity index (χ1v) is 17.0. The van der Waals surface area contributed by atoms with Crippen LogP contribution in [0.25, 0.3) is 0 Å². The highest BCUT2D eigenvalue weighted by atomic mass is 35.5. The second kappa shape index (κ2) is 13.9. The number of likely N-dealkylation sites (tertiary alicyclic amines) is 1. The van der Waals surface area contributed by atoms with Crippen LogP contribution in [0.15, 0.2) is 24.3 Å². The van der Waals surface area contributed by atoms with Crippen molar-refractivity contribution in [3.8, 4) is 0 Å². The number of nitrogens with zero attached hydrogens (tertiary/aromatic N) is 4. The molecule has 40 heavy (non-hydrogen) atoms. The van der Waals surface area contributed by atoms with Crippen molar-refractivity contribution in [3.63, 3.8) is 0 Å². The number of nitrogens with one attached hydrogen (secondary N) is 1. The molecule has 2 saturated heterocycles. The Labute approximate surface area is 245 Å². The number of urea groups is 1. The zero-order valence-electron chi connectivity index (χ0n) is 24.2. The Hall–Kier alpha value is -1.88. The number of carbonyl (C=O) groups is 2. The van der Waals surface area contributed by atoms with Crippen LogP contribution in [0.3, 0.4) is 0 Å². The van der Waals surface area contributed by atoms with Gasteiger partial charge in [0.1, 0.15) is 0 Å². The van der Waals surface area contributed by atoms with Crippen molar-refractivity contribution in [2.75, 3.05) is 46.5 Å². The minimum atomic E-state index is -3.21. The van der Waals surface area contributed by atoms with E-state index in [2.05, 4.69) is 10.2 Å². The van der Waals surface area contributed by atoms with Gasteiger partial charge in [-0.25, -0.2) is 17.5 Å². The van der Waals surface area contributed by atoms with E-state index in [0.717, 1.165) is 31.2 Å². The summed E-state index contributed by atoms with van der Waals surface area (Å²) in [5.74, 6) is 0.0714. The topological polar surface area (TPSA) is 93.3 Å². The summed E-state index contributed by atoms with van der Waals surface area (Å²) in [5, 5.41) is 4.25. The number of benzene rings is 1. The van der Waals surface area contributed by atoms with Gasteiger partial charge in [-0.1, -0.05) is 43.0 Å². The van der Waals surface area contributed by atoms with E-state index in [1.54, 1.807) is 4.90 Å². The molecule has 3 fully saturated rings. The van der Waals surface area contributed by atoms with E-state index >= 15 is 0 Å². The van der Waals surface area contributed by atoms with E-state index in [0.29, 0.717) is 50.5 Å². The van der Waals surface area contributed by atoms with E-state index in [1.165, 1.54) is 29.8 Å². The van der Waals surface area contributed by atoms with Crippen molar-refractivity contribution < 1.29 is 18.0 Å². The molecular formula is C29H46ClN5O4S. The van der Waals surface area contributed by atoms with Crippen molar-refractivity contribution in [2.24, 2.45) is 0 Å². The van der Waals surface area contributed by atoms with E-state index in [-0.39, 0.29) is 30.1 Å². The summed E-state index contributed by atoms with van der Waals surface area (Å²) in [5.41, 5.74) is 1.03. The first-order chi connectivity index (χ1) is 19.0. The molecule has 0 aromatic heterocycles. The molecule has 1 aliphatic carbocycles. The van der Waals surface area contributed by atoms with Crippen molar-refractivity contribution in [1.29, 1.82) is 0 Å². The van der Waals surface area contributed by atoms with Gasteiger partial charge in [0.05, 0.1) is 12.3 Å². The van der Waals surface area contributed by atoms with Crippen molar-refractivity contribution in [1.82, 2.24) is 24.3 Å². The van der Waals surface area contributed by atoms with Crippen LogP contribution in [0.4, 0.5) is 4.79 Å². The number of amides is 3. The molecule has 1 saturated carbocycles. The molecule has 4 rings (SSSR count). The summed E-state index contributed by atoms with van der Waals surface area (Å²) in [6, 6.07) is 7.76. The Morgan fingerprint density at radius 1 is 0.925 bits per heavy atom. The molecular weight excluding hydrogens is 550 g/mol. The van der Waals surface area contributed by atoms with Gasteiger partial charge in [-0.15, -0.1) is 0 Å². The van der Waals surface area contributed by atoms with Gasteiger partial charge in [0.15, 0.2) is 0 Å². The molecule has 0 radical (unpaired) electrons. The maximum Gasteiger partial charge on any atom is 0.319 e. The summed E-state index contributed by atoms with van der Waals surface area (Å²) < 4.78 is 25.4. The molecule has 11 heteroatoms. The molecule has 2 heterocycles. The molecule has 1 aromatic rings. The normalized spacial score (nSPS) is 21.2. The number of hydrogen-bond donors (Lipinski definition) is 1. The highest BCUT2D eigenvalue weighted by Gasteiger charge is 2.37. The molecule has 0 spiro atoms. The quantitative estimate of drug-likeness (QED) is 0.496. The van der Waals surface area contributed by atoms with Gasteiger partial charge in [0.2, 0.25) is 15.9 Å². The molecule has 3 aliphatic rings. The maximum absolute atomic E-state index is 13.9. The average molecular weight is 596 g/mol. The van der Waals surface area contributed by atoms with Gasteiger partial charge in [-0.05, 0) is 62.6 Å². The number of sulfonamides is 1. The zero-order valence-corrected chi connectivity index (χ0v) is 25.8. The Bertz CT molecular complexity index is 1090. The molecule has 3 amide bonds. The maximum atomic E-state index is 13.9. The molecule has 1 N–H and O–H groups in total. The second-order valence-corrected chi connectivity index (χ2v) is 14.3. The Balaban J connectivity index is 1.42.